The first-order valence-electron chi connectivity index (χ1n) is 5.28. The van der Waals surface area contributed by atoms with Crippen LogP contribution in [-0.2, 0) is 13.8 Å². The largest absolute Gasteiger partial charge is 0.311 e. The summed E-state index contributed by atoms with van der Waals surface area (Å²) in [5.74, 6) is -0.130. The fraction of sp³-hybridized carbons (Fsp3) is 0.250. The Bertz CT molecular complexity index is 673. The number of halogens is 1. The lowest BCUT2D eigenvalue weighted by molar-refractivity contribution is -0.112. The van der Waals surface area contributed by atoms with Crippen molar-refractivity contribution in [3.8, 4) is 0 Å². The molecule has 1 aliphatic heterocycles. The number of nitrogens with zero attached hydrogens (tertiary/aromatic N) is 1. The molecule has 0 unspecified atom stereocenters. The fourth-order valence-electron chi connectivity index (χ4n) is 2.04. The summed E-state index contributed by atoms with van der Waals surface area (Å²) in [4.78, 5) is 13.6. The predicted molar refractivity (Wildman–Crippen MR) is 71.2 cm³/mol. The molecule has 0 fully saturated rings. The molecule has 1 heterocycles. The van der Waals surface area contributed by atoms with Crippen LogP contribution in [0.5, 0.6) is 0 Å². The zero-order valence-corrected chi connectivity index (χ0v) is 11.8. The predicted octanol–water partition coefficient (Wildman–Crippen LogP) is 2.38. The number of amides is 1. The van der Waals surface area contributed by atoms with Crippen molar-refractivity contribution in [1.82, 2.24) is 0 Å². The topological polar surface area (TPSA) is 54.5 Å². The van der Waals surface area contributed by atoms with Gasteiger partial charge in [-0.25, -0.2) is 8.42 Å². The van der Waals surface area contributed by atoms with Crippen LogP contribution < -0.4 is 4.90 Å². The van der Waals surface area contributed by atoms with Crippen molar-refractivity contribution in [3.63, 3.8) is 0 Å². The number of anilines is 1. The Morgan fingerprint density at radius 3 is 2.39 bits per heavy atom. The van der Waals surface area contributed by atoms with E-state index in [0.29, 0.717) is 16.8 Å². The van der Waals surface area contributed by atoms with E-state index >= 15 is 0 Å². The van der Waals surface area contributed by atoms with E-state index in [2.05, 4.69) is 0 Å². The van der Waals surface area contributed by atoms with Crippen molar-refractivity contribution in [2.45, 2.75) is 18.7 Å². The summed E-state index contributed by atoms with van der Waals surface area (Å²) in [6.45, 7) is 3.64. The summed E-state index contributed by atoms with van der Waals surface area (Å²) in [5, 5.41) is 0. The maximum Gasteiger partial charge on any atom is 0.261 e. The summed E-state index contributed by atoms with van der Waals surface area (Å²) < 4.78 is 22.6. The summed E-state index contributed by atoms with van der Waals surface area (Å²) in [6.07, 6.45) is 0. The molecule has 6 heteroatoms. The zero-order chi connectivity index (χ0) is 13.7. The number of hydrogen-bond donors (Lipinski definition) is 0. The van der Waals surface area contributed by atoms with Crippen LogP contribution >= 0.6 is 10.7 Å². The van der Waals surface area contributed by atoms with Crippen LogP contribution in [0.3, 0.4) is 0 Å². The lowest BCUT2D eigenvalue weighted by Gasteiger charge is -2.08. The summed E-state index contributed by atoms with van der Waals surface area (Å²) in [5.41, 5.74) is 2.69. The van der Waals surface area contributed by atoms with Gasteiger partial charge in [0.2, 0.25) is 0 Å². The number of carbonyl (C=O) groups excluding carboxylic acids is 1. The van der Waals surface area contributed by atoms with E-state index < -0.39 is 9.05 Å². The Morgan fingerprint density at radius 2 is 1.89 bits per heavy atom. The monoisotopic (exact) mass is 285 g/mol. The molecule has 0 saturated carbocycles. The Labute approximate surface area is 110 Å². The van der Waals surface area contributed by atoms with Gasteiger partial charge in [-0.15, -0.1) is 0 Å². The van der Waals surface area contributed by atoms with Gasteiger partial charge in [-0.05, 0) is 32.0 Å². The van der Waals surface area contributed by atoms with Crippen LogP contribution in [-0.4, -0.2) is 21.4 Å². The maximum atomic E-state index is 12.1. The minimum absolute atomic E-state index is 0.00441. The Hall–Kier alpha value is -1.33. The third-order valence-corrected chi connectivity index (χ3v) is 4.25. The molecule has 1 aromatic rings. The second-order valence-electron chi connectivity index (χ2n) is 4.36. The van der Waals surface area contributed by atoms with Crippen molar-refractivity contribution < 1.29 is 13.2 Å². The van der Waals surface area contributed by atoms with E-state index in [-0.39, 0.29) is 10.8 Å². The first-order valence-corrected chi connectivity index (χ1v) is 7.59. The van der Waals surface area contributed by atoms with Gasteiger partial charge in [-0.1, -0.05) is 5.57 Å². The van der Waals surface area contributed by atoms with Crippen LogP contribution in [0, 0.1) is 0 Å². The molecule has 0 spiro atoms. The number of rotatable bonds is 1. The highest BCUT2D eigenvalue weighted by molar-refractivity contribution is 8.13. The number of carbonyl (C=O) groups is 1. The first kappa shape index (κ1) is 13.1. The average Bonchev–Trinajstić information content (AvgIpc) is 2.50. The molecular weight excluding hydrogens is 274 g/mol. The molecule has 0 atom stereocenters. The lowest BCUT2D eigenvalue weighted by atomic mass is 10.0. The van der Waals surface area contributed by atoms with Crippen LogP contribution in [0.4, 0.5) is 5.69 Å². The molecule has 96 valence electrons. The Kier molecular flexibility index (Phi) is 2.99. The van der Waals surface area contributed by atoms with Crippen molar-refractivity contribution in [2.24, 2.45) is 0 Å². The van der Waals surface area contributed by atoms with Crippen LogP contribution in [0.1, 0.15) is 19.4 Å². The molecule has 0 aromatic heterocycles. The molecule has 2 rings (SSSR count). The van der Waals surface area contributed by atoms with Crippen LogP contribution in [0.25, 0.3) is 5.57 Å². The second-order valence-corrected chi connectivity index (χ2v) is 6.92. The number of allylic oxidation sites excluding steroid dienone is 1. The van der Waals surface area contributed by atoms with Gasteiger partial charge in [-0.3, -0.25) is 4.79 Å². The molecule has 1 aliphatic rings. The Morgan fingerprint density at radius 1 is 1.28 bits per heavy atom. The summed E-state index contributed by atoms with van der Waals surface area (Å²) in [7, 11) is 3.19. The minimum Gasteiger partial charge on any atom is -0.311 e. The molecule has 1 amide bonds. The van der Waals surface area contributed by atoms with Crippen molar-refractivity contribution in [3.05, 3.63) is 29.3 Å². The normalized spacial score (nSPS) is 15.0. The molecule has 0 N–H and O–H groups in total. The van der Waals surface area contributed by atoms with Gasteiger partial charge in [0.1, 0.15) is 0 Å². The van der Waals surface area contributed by atoms with Crippen molar-refractivity contribution >= 4 is 36.9 Å². The van der Waals surface area contributed by atoms with E-state index in [9.17, 15) is 13.2 Å². The quantitative estimate of drug-likeness (QED) is 0.588. The van der Waals surface area contributed by atoms with E-state index in [1.807, 2.05) is 13.8 Å². The zero-order valence-electron chi connectivity index (χ0n) is 10.2. The highest BCUT2D eigenvalue weighted by Crippen LogP contribution is 2.39. The number of fused-ring (bicyclic) bond motifs is 1. The van der Waals surface area contributed by atoms with Gasteiger partial charge in [-0.2, -0.15) is 0 Å². The first-order chi connectivity index (χ1) is 8.23. The van der Waals surface area contributed by atoms with E-state index in [1.54, 1.807) is 13.1 Å². The molecule has 0 radical (unpaired) electrons. The number of hydrogen-bond acceptors (Lipinski definition) is 3. The molecule has 1 aromatic carbocycles. The Balaban J connectivity index is 2.76. The second kappa shape index (κ2) is 4.10. The van der Waals surface area contributed by atoms with Gasteiger partial charge >= 0.3 is 0 Å². The molecule has 0 saturated heterocycles. The SMILES string of the molecule is CC(C)=C1C(=O)N(C)c2ccc(S(=O)(=O)Cl)cc21. The highest BCUT2D eigenvalue weighted by Gasteiger charge is 2.31. The maximum absolute atomic E-state index is 12.1. The van der Waals surface area contributed by atoms with E-state index in [0.717, 1.165) is 5.57 Å². The highest BCUT2D eigenvalue weighted by atomic mass is 35.7. The van der Waals surface area contributed by atoms with Crippen LogP contribution in [0.15, 0.2) is 28.7 Å². The van der Waals surface area contributed by atoms with Gasteiger partial charge in [0.25, 0.3) is 15.0 Å². The molecule has 18 heavy (non-hydrogen) atoms. The molecular formula is C12H12ClNO3S. The fourth-order valence-corrected chi connectivity index (χ4v) is 2.81. The third kappa shape index (κ3) is 1.93. The van der Waals surface area contributed by atoms with Gasteiger partial charge in [0.15, 0.2) is 0 Å². The average molecular weight is 286 g/mol. The standard InChI is InChI=1S/C12H12ClNO3S/c1-7(2)11-9-6-8(18(13,16)17)4-5-10(9)14(3)12(11)15/h4-6H,1-3H3. The number of benzene rings is 1. The minimum atomic E-state index is -3.79. The molecule has 0 bridgehead atoms. The number of likely N-dealkylation sites (N-methyl/N-ethyl adjacent to an activating group) is 1. The third-order valence-electron chi connectivity index (χ3n) is 2.90. The molecule has 0 aliphatic carbocycles. The summed E-state index contributed by atoms with van der Waals surface area (Å²) in [6, 6.07) is 4.44. The van der Waals surface area contributed by atoms with Crippen molar-refractivity contribution in [2.75, 3.05) is 11.9 Å². The van der Waals surface area contributed by atoms with Gasteiger partial charge in [0, 0.05) is 28.9 Å². The van der Waals surface area contributed by atoms with Gasteiger partial charge < -0.3 is 4.90 Å². The van der Waals surface area contributed by atoms with E-state index in [1.165, 1.54) is 17.0 Å². The van der Waals surface area contributed by atoms with Gasteiger partial charge in [0.05, 0.1) is 10.6 Å². The summed E-state index contributed by atoms with van der Waals surface area (Å²) >= 11 is 0. The van der Waals surface area contributed by atoms with Crippen molar-refractivity contribution in [1.29, 1.82) is 0 Å². The van der Waals surface area contributed by atoms with E-state index in [4.69, 9.17) is 10.7 Å². The smallest absolute Gasteiger partial charge is 0.261 e. The van der Waals surface area contributed by atoms with Crippen LogP contribution in [0.2, 0.25) is 0 Å². The molecule has 4 nitrogen and oxygen atoms in total. The lowest BCUT2D eigenvalue weighted by Crippen LogP contribution is -2.20.